The number of rotatable bonds is 7. The molecule has 18 heavy (non-hydrogen) atoms. The van der Waals surface area contributed by atoms with Crippen LogP contribution in [0.1, 0.15) is 20.3 Å². The molecule has 0 amide bonds. The molecule has 102 valence electrons. The lowest BCUT2D eigenvalue weighted by Crippen LogP contribution is -2.22. The fraction of sp³-hybridized carbons (Fsp3) is 0.538. The Morgan fingerprint density at radius 3 is 2.44 bits per heavy atom. The Hall–Kier alpha value is -0.150. The van der Waals surface area contributed by atoms with E-state index in [9.17, 15) is 0 Å². The summed E-state index contributed by atoms with van der Waals surface area (Å²) < 4.78 is 5.56. The number of benzene rings is 1. The maximum atomic E-state index is 6.00. The van der Waals surface area contributed by atoms with Crippen LogP contribution in [0.2, 0.25) is 15.1 Å². The summed E-state index contributed by atoms with van der Waals surface area (Å²) in [5, 5.41) is 4.72. The van der Waals surface area contributed by atoms with Crippen LogP contribution < -0.4 is 10.1 Å². The Bertz CT molecular complexity index is 383. The van der Waals surface area contributed by atoms with Crippen molar-refractivity contribution in [3.63, 3.8) is 0 Å². The van der Waals surface area contributed by atoms with E-state index in [4.69, 9.17) is 39.5 Å². The smallest absolute Gasteiger partial charge is 0.139 e. The first kappa shape index (κ1) is 15.9. The largest absolute Gasteiger partial charge is 0.492 e. The van der Waals surface area contributed by atoms with Crippen molar-refractivity contribution in [1.29, 1.82) is 0 Å². The van der Waals surface area contributed by atoms with Crippen molar-refractivity contribution in [3.8, 4) is 5.75 Å². The van der Waals surface area contributed by atoms with Crippen molar-refractivity contribution in [2.45, 2.75) is 20.3 Å². The molecule has 0 aliphatic heterocycles. The van der Waals surface area contributed by atoms with E-state index in [0.29, 0.717) is 33.3 Å². The van der Waals surface area contributed by atoms with Gasteiger partial charge in [-0.2, -0.15) is 0 Å². The van der Waals surface area contributed by atoms with Gasteiger partial charge in [-0.15, -0.1) is 0 Å². The molecule has 0 unspecified atom stereocenters. The number of nitrogens with one attached hydrogen (secondary N) is 1. The van der Waals surface area contributed by atoms with Gasteiger partial charge < -0.3 is 10.1 Å². The van der Waals surface area contributed by atoms with Gasteiger partial charge in [-0.1, -0.05) is 48.7 Å². The Morgan fingerprint density at radius 2 is 1.78 bits per heavy atom. The van der Waals surface area contributed by atoms with Gasteiger partial charge in [0.05, 0.1) is 21.7 Å². The Kier molecular flexibility index (Phi) is 7.16. The van der Waals surface area contributed by atoms with Crippen molar-refractivity contribution >= 4 is 34.8 Å². The molecular formula is C13H18Cl3NO. The van der Waals surface area contributed by atoms with Crippen molar-refractivity contribution in [1.82, 2.24) is 5.32 Å². The molecule has 0 atom stereocenters. The van der Waals surface area contributed by atoms with Gasteiger partial charge in [0.15, 0.2) is 0 Å². The van der Waals surface area contributed by atoms with Crippen LogP contribution >= 0.6 is 34.8 Å². The van der Waals surface area contributed by atoms with Gasteiger partial charge in [0.25, 0.3) is 0 Å². The van der Waals surface area contributed by atoms with E-state index in [0.717, 1.165) is 19.5 Å². The third kappa shape index (κ3) is 5.66. The minimum Gasteiger partial charge on any atom is -0.492 e. The number of hydrogen-bond acceptors (Lipinski definition) is 2. The van der Waals surface area contributed by atoms with Crippen LogP contribution in [0, 0.1) is 5.92 Å². The summed E-state index contributed by atoms with van der Waals surface area (Å²) >= 11 is 17.7. The highest BCUT2D eigenvalue weighted by Gasteiger charge is 2.06. The molecule has 2 nitrogen and oxygen atoms in total. The zero-order valence-electron chi connectivity index (χ0n) is 10.6. The normalized spacial score (nSPS) is 11.0. The van der Waals surface area contributed by atoms with E-state index in [2.05, 4.69) is 19.2 Å². The molecule has 1 aromatic carbocycles. The lowest BCUT2D eigenvalue weighted by atomic mass is 10.2. The molecular weight excluding hydrogens is 293 g/mol. The van der Waals surface area contributed by atoms with Gasteiger partial charge in [-0.25, -0.2) is 0 Å². The Labute approximate surface area is 124 Å². The number of halogens is 3. The molecule has 0 heterocycles. The quantitative estimate of drug-likeness (QED) is 0.584. The highest BCUT2D eigenvalue weighted by Crippen LogP contribution is 2.33. The van der Waals surface area contributed by atoms with Crippen LogP contribution in [0.25, 0.3) is 0 Å². The van der Waals surface area contributed by atoms with Crippen molar-refractivity contribution in [2.24, 2.45) is 5.92 Å². The third-order valence-corrected chi connectivity index (χ3v) is 3.30. The van der Waals surface area contributed by atoms with Crippen LogP contribution in [0.15, 0.2) is 12.1 Å². The van der Waals surface area contributed by atoms with Crippen LogP contribution in [0.3, 0.4) is 0 Å². The first-order chi connectivity index (χ1) is 8.50. The minimum atomic E-state index is 0.438. The average Bonchev–Trinajstić information content (AvgIpc) is 2.29. The SMILES string of the molecule is CC(C)CNCCCOc1cc(Cl)c(Cl)cc1Cl. The molecule has 0 bridgehead atoms. The fourth-order valence-electron chi connectivity index (χ4n) is 1.38. The van der Waals surface area contributed by atoms with Crippen LogP contribution in [-0.2, 0) is 0 Å². The number of hydrogen-bond donors (Lipinski definition) is 1. The lowest BCUT2D eigenvalue weighted by Gasteiger charge is -2.10. The molecule has 1 rings (SSSR count). The molecule has 5 heteroatoms. The van der Waals surface area contributed by atoms with Crippen molar-refractivity contribution < 1.29 is 4.74 Å². The van der Waals surface area contributed by atoms with E-state index >= 15 is 0 Å². The van der Waals surface area contributed by atoms with E-state index < -0.39 is 0 Å². The maximum absolute atomic E-state index is 6.00. The average molecular weight is 311 g/mol. The standard InChI is InChI=1S/C13H18Cl3NO/c1-9(2)8-17-4-3-5-18-13-7-11(15)10(14)6-12(13)16/h6-7,9,17H,3-5,8H2,1-2H3. The predicted octanol–water partition coefficient (Wildman–Crippen LogP) is 4.66. The van der Waals surface area contributed by atoms with Gasteiger partial charge in [-0.05, 0) is 31.5 Å². The molecule has 0 radical (unpaired) electrons. The summed E-state index contributed by atoms with van der Waals surface area (Å²) in [6.07, 6.45) is 0.920. The monoisotopic (exact) mass is 309 g/mol. The van der Waals surface area contributed by atoms with E-state index in [-0.39, 0.29) is 0 Å². The first-order valence-corrected chi connectivity index (χ1v) is 7.12. The summed E-state index contributed by atoms with van der Waals surface area (Å²) in [6, 6.07) is 3.24. The van der Waals surface area contributed by atoms with Crippen LogP contribution in [0.5, 0.6) is 5.75 Å². The van der Waals surface area contributed by atoms with Gasteiger partial charge >= 0.3 is 0 Å². The topological polar surface area (TPSA) is 21.3 Å². The van der Waals surface area contributed by atoms with Gasteiger partial charge in [0.1, 0.15) is 5.75 Å². The third-order valence-electron chi connectivity index (χ3n) is 2.28. The van der Waals surface area contributed by atoms with E-state index in [1.165, 1.54) is 0 Å². The second kappa shape index (κ2) is 8.11. The zero-order chi connectivity index (χ0) is 13.5. The second-order valence-corrected chi connectivity index (χ2v) is 5.72. The summed E-state index contributed by atoms with van der Waals surface area (Å²) in [6.45, 7) is 6.91. The lowest BCUT2D eigenvalue weighted by molar-refractivity contribution is 0.307. The summed E-state index contributed by atoms with van der Waals surface area (Å²) in [5.41, 5.74) is 0. The predicted molar refractivity (Wildman–Crippen MR) is 79.3 cm³/mol. The van der Waals surface area contributed by atoms with Gasteiger partial charge in [0.2, 0.25) is 0 Å². The summed E-state index contributed by atoms with van der Waals surface area (Å²) in [5.74, 6) is 1.24. The summed E-state index contributed by atoms with van der Waals surface area (Å²) in [7, 11) is 0. The zero-order valence-corrected chi connectivity index (χ0v) is 12.9. The Morgan fingerprint density at radius 1 is 1.11 bits per heavy atom. The molecule has 1 N–H and O–H groups in total. The maximum Gasteiger partial charge on any atom is 0.139 e. The molecule has 1 aromatic rings. The first-order valence-electron chi connectivity index (χ1n) is 5.98. The van der Waals surface area contributed by atoms with Crippen LogP contribution in [-0.4, -0.2) is 19.7 Å². The fourth-order valence-corrected chi connectivity index (χ4v) is 1.98. The second-order valence-electron chi connectivity index (χ2n) is 4.50. The van der Waals surface area contributed by atoms with Crippen molar-refractivity contribution in [3.05, 3.63) is 27.2 Å². The minimum absolute atomic E-state index is 0.438. The molecule has 0 saturated carbocycles. The van der Waals surface area contributed by atoms with Gasteiger partial charge in [0, 0.05) is 6.07 Å². The highest BCUT2D eigenvalue weighted by atomic mass is 35.5. The molecule has 0 aliphatic rings. The number of ether oxygens (including phenoxy) is 1. The molecule has 0 spiro atoms. The van der Waals surface area contributed by atoms with E-state index in [1.807, 2.05) is 0 Å². The van der Waals surface area contributed by atoms with Gasteiger partial charge in [-0.3, -0.25) is 0 Å². The summed E-state index contributed by atoms with van der Waals surface area (Å²) in [4.78, 5) is 0. The highest BCUT2D eigenvalue weighted by molar-refractivity contribution is 6.43. The van der Waals surface area contributed by atoms with Crippen LogP contribution in [0.4, 0.5) is 0 Å². The van der Waals surface area contributed by atoms with E-state index in [1.54, 1.807) is 12.1 Å². The Balaban J connectivity index is 2.29. The molecule has 0 aromatic heterocycles. The molecule has 0 fully saturated rings. The molecule has 0 saturated heterocycles. The van der Waals surface area contributed by atoms with Crippen molar-refractivity contribution in [2.75, 3.05) is 19.7 Å². The molecule has 0 aliphatic carbocycles.